The van der Waals surface area contributed by atoms with Gasteiger partial charge in [-0.15, -0.1) is 0 Å². The Kier molecular flexibility index (Phi) is 7.05. The number of benzene rings is 2. The minimum atomic E-state index is -1.07. The molecule has 0 saturated carbocycles. The third-order valence-corrected chi connectivity index (χ3v) is 8.58. The lowest BCUT2D eigenvalue weighted by Crippen LogP contribution is -2.53. The van der Waals surface area contributed by atoms with Crippen molar-refractivity contribution in [3.63, 3.8) is 0 Å². The van der Waals surface area contributed by atoms with Gasteiger partial charge in [-0.1, -0.05) is 42.5 Å². The van der Waals surface area contributed by atoms with Crippen LogP contribution < -0.4 is 10.6 Å². The smallest absolute Gasteiger partial charge is 0.250 e. The fourth-order valence-corrected chi connectivity index (χ4v) is 6.73. The molecule has 2 bridgehead atoms. The lowest BCUT2D eigenvalue weighted by Gasteiger charge is -2.33. The summed E-state index contributed by atoms with van der Waals surface area (Å²) in [5.41, 5.74) is 1.73. The van der Waals surface area contributed by atoms with Crippen LogP contribution in [0.25, 0.3) is 0 Å². The van der Waals surface area contributed by atoms with Crippen LogP contribution in [0.4, 0.5) is 5.69 Å². The normalized spacial score (nSPS) is 29.4. The molecule has 3 aliphatic rings. The third kappa shape index (κ3) is 4.39. The van der Waals surface area contributed by atoms with Gasteiger partial charge in [-0.2, -0.15) is 0 Å². The van der Waals surface area contributed by atoms with Gasteiger partial charge in [-0.3, -0.25) is 14.4 Å². The Balaban J connectivity index is 1.45. The Labute approximate surface area is 223 Å². The standard InChI is InChI=1S/C30H37N3O5/c1-19-11-12-20(2)22(17-19)32-27(36)25-30-14-13-29(3,38-30)23(24(30)28(37)33(25)15-7-8-16-34)26(35)31-18-21-9-5-4-6-10-21/h4-6,9-12,17,23-25,34H,7-8,13-16,18H2,1-3H3,(H,31,35)(H,32,36)/t23-,24+,25?,29+,30?/m1/s1. The molecule has 3 N–H and O–H groups in total. The van der Waals surface area contributed by atoms with Crippen LogP contribution in [0.1, 0.15) is 49.3 Å². The Morgan fingerprint density at radius 2 is 1.84 bits per heavy atom. The molecule has 38 heavy (non-hydrogen) atoms. The summed E-state index contributed by atoms with van der Waals surface area (Å²) in [4.78, 5) is 43.2. The zero-order chi connectivity index (χ0) is 27.1. The predicted octanol–water partition coefficient (Wildman–Crippen LogP) is 3.10. The number of fused-ring (bicyclic) bond motifs is 1. The van der Waals surface area contributed by atoms with Gasteiger partial charge in [0.05, 0.1) is 17.4 Å². The molecule has 3 saturated heterocycles. The molecule has 0 radical (unpaired) electrons. The maximum atomic E-state index is 14.0. The van der Waals surface area contributed by atoms with E-state index in [1.165, 1.54) is 0 Å². The maximum absolute atomic E-state index is 14.0. The van der Waals surface area contributed by atoms with Crippen LogP contribution in [0, 0.1) is 25.7 Å². The first-order valence-corrected chi connectivity index (χ1v) is 13.5. The zero-order valence-electron chi connectivity index (χ0n) is 22.3. The Hall–Kier alpha value is -3.23. The molecule has 8 nitrogen and oxygen atoms in total. The van der Waals surface area contributed by atoms with Gasteiger partial charge in [0.15, 0.2) is 0 Å². The summed E-state index contributed by atoms with van der Waals surface area (Å²) < 4.78 is 6.66. The summed E-state index contributed by atoms with van der Waals surface area (Å²) in [6, 6.07) is 14.7. The highest BCUT2D eigenvalue weighted by molar-refractivity contribution is 6.04. The molecular formula is C30H37N3O5. The van der Waals surface area contributed by atoms with Gasteiger partial charge >= 0.3 is 0 Å². The Morgan fingerprint density at radius 3 is 2.58 bits per heavy atom. The molecule has 0 aliphatic carbocycles. The third-order valence-electron chi connectivity index (χ3n) is 8.58. The second kappa shape index (κ2) is 10.2. The van der Waals surface area contributed by atoms with Crippen molar-refractivity contribution >= 4 is 23.4 Å². The van der Waals surface area contributed by atoms with E-state index in [0.717, 1.165) is 16.7 Å². The lowest BCUT2D eigenvalue weighted by atomic mass is 9.66. The van der Waals surface area contributed by atoms with Gasteiger partial charge in [-0.25, -0.2) is 0 Å². The molecule has 5 rings (SSSR count). The number of carbonyl (C=O) groups is 3. The number of ether oxygens (including phenoxy) is 1. The number of aliphatic hydroxyl groups excluding tert-OH is 1. The van der Waals surface area contributed by atoms with E-state index in [4.69, 9.17) is 4.74 Å². The van der Waals surface area contributed by atoms with Crippen molar-refractivity contribution < 1.29 is 24.2 Å². The highest BCUT2D eigenvalue weighted by atomic mass is 16.5. The molecule has 1 spiro atoms. The first-order valence-electron chi connectivity index (χ1n) is 13.5. The van der Waals surface area contributed by atoms with Gasteiger partial charge < -0.3 is 25.4 Å². The van der Waals surface area contributed by atoms with Gasteiger partial charge in [0.1, 0.15) is 11.6 Å². The van der Waals surface area contributed by atoms with Crippen molar-refractivity contribution in [2.75, 3.05) is 18.5 Å². The van der Waals surface area contributed by atoms with E-state index in [-0.39, 0.29) is 24.3 Å². The van der Waals surface area contributed by atoms with Gasteiger partial charge in [0.2, 0.25) is 17.7 Å². The number of hydrogen-bond donors (Lipinski definition) is 3. The number of likely N-dealkylation sites (tertiary alicyclic amines) is 1. The quantitative estimate of drug-likeness (QED) is 0.442. The van der Waals surface area contributed by atoms with Crippen LogP contribution in [0.3, 0.4) is 0 Å². The SMILES string of the molecule is Cc1ccc(C)c(NC(=O)C2N(CCCCO)C(=O)[C@@H]3[C@H](C(=O)NCc4ccccc4)[C@]4(C)CCC23O4)c1. The predicted molar refractivity (Wildman–Crippen MR) is 143 cm³/mol. The average Bonchev–Trinajstić information content (AvgIpc) is 3.46. The second-order valence-electron chi connectivity index (χ2n) is 11.2. The van der Waals surface area contributed by atoms with Gasteiger partial charge in [0, 0.05) is 25.4 Å². The molecule has 0 aromatic heterocycles. The number of aryl methyl sites for hydroxylation is 2. The molecule has 2 aromatic rings. The highest BCUT2D eigenvalue weighted by Crippen LogP contribution is 2.63. The highest BCUT2D eigenvalue weighted by Gasteiger charge is 2.77. The number of carbonyl (C=O) groups excluding carboxylic acids is 3. The number of anilines is 1. The first-order chi connectivity index (χ1) is 18.2. The van der Waals surface area contributed by atoms with Crippen LogP contribution in [0.15, 0.2) is 48.5 Å². The van der Waals surface area contributed by atoms with E-state index in [0.29, 0.717) is 44.5 Å². The maximum Gasteiger partial charge on any atom is 0.250 e. The second-order valence-corrected chi connectivity index (χ2v) is 11.2. The summed E-state index contributed by atoms with van der Waals surface area (Å²) in [6.07, 6.45) is 2.20. The summed E-state index contributed by atoms with van der Waals surface area (Å²) >= 11 is 0. The molecule has 3 fully saturated rings. The van der Waals surface area contributed by atoms with E-state index < -0.39 is 29.1 Å². The summed E-state index contributed by atoms with van der Waals surface area (Å²) in [7, 11) is 0. The van der Waals surface area contributed by atoms with Crippen LogP contribution >= 0.6 is 0 Å². The Morgan fingerprint density at radius 1 is 1.08 bits per heavy atom. The molecule has 5 atom stereocenters. The number of rotatable bonds is 9. The van der Waals surface area contributed by atoms with Crippen molar-refractivity contribution in [3.8, 4) is 0 Å². The largest absolute Gasteiger partial charge is 0.396 e. The molecule has 202 valence electrons. The van der Waals surface area contributed by atoms with E-state index in [1.54, 1.807) is 4.90 Å². The molecule has 3 aliphatic heterocycles. The number of unbranched alkanes of at least 4 members (excludes halogenated alkanes) is 1. The van der Waals surface area contributed by atoms with E-state index in [9.17, 15) is 19.5 Å². The molecule has 3 amide bonds. The fourth-order valence-electron chi connectivity index (χ4n) is 6.73. The van der Waals surface area contributed by atoms with Crippen molar-refractivity contribution in [2.45, 2.75) is 70.2 Å². The monoisotopic (exact) mass is 519 g/mol. The topological polar surface area (TPSA) is 108 Å². The number of nitrogens with one attached hydrogen (secondary N) is 2. The van der Waals surface area contributed by atoms with Crippen molar-refractivity contribution in [3.05, 3.63) is 65.2 Å². The van der Waals surface area contributed by atoms with E-state index >= 15 is 0 Å². The van der Waals surface area contributed by atoms with Gasteiger partial charge in [0.25, 0.3) is 0 Å². The molecular weight excluding hydrogens is 482 g/mol. The number of nitrogens with zero attached hydrogens (tertiary/aromatic N) is 1. The summed E-state index contributed by atoms with van der Waals surface area (Å²) in [6.45, 7) is 6.48. The lowest BCUT2D eigenvalue weighted by molar-refractivity contribution is -0.144. The molecule has 2 aromatic carbocycles. The Bertz CT molecular complexity index is 1230. The van der Waals surface area contributed by atoms with Gasteiger partial charge in [-0.05, 0) is 69.2 Å². The first kappa shape index (κ1) is 26.4. The summed E-state index contributed by atoms with van der Waals surface area (Å²) in [5.74, 6) is -2.16. The summed E-state index contributed by atoms with van der Waals surface area (Å²) in [5, 5.41) is 15.4. The fraction of sp³-hybridized carbons (Fsp3) is 0.500. The van der Waals surface area contributed by atoms with Crippen molar-refractivity contribution in [2.24, 2.45) is 11.8 Å². The number of hydrogen-bond acceptors (Lipinski definition) is 5. The molecule has 2 unspecified atom stereocenters. The van der Waals surface area contributed by atoms with E-state index in [2.05, 4.69) is 10.6 Å². The number of aliphatic hydroxyl groups is 1. The number of amides is 3. The van der Waals surface area contributed by atoms with Crippen LogP contribution in [-0.4, -0.2) is 58.1 Å². The average molecular weight is 520 g/mol. The van der Waals surface area contributed by atoms with Crippen LogP contribution in [0.5, 0.6) is 0 Å². The minimum Gasteiger partial charge on any atom is -0.396 e. The molecule has 3 heterocycles. The van der Waals surface area contributed by atoms with Crippen molar-refractivity contribution in [1.29, 1.82) is 0 Å². The zero-order valence-corrected chi connectivity index (χ0v) is 22.3. The molecule has 8 heteroatoms. The van der Waals surface area contributed by atoms with Crippen LogP contribution in [-0.2, 0) is 25.7 Å². The minimum absolute atomic E-state index is 0.00897. The van der Waals surface area contributed by atoms with E-state index in [1.807, 2.05) is 69.3 Å². The van der Waals surface area contributed by atoms with Crippen molar-refractivity contribution in [1.82, 2.24) is 10.2 Å². The van der Waals surface area contributed by atoms with Crippen LogP contribution in [0.2, 0.25) is 0 Å².